The fourth-order valence-electron chi connectivity index (χ4n) is 0.270. The van der Waals surface area contributed by atoms with Gasteiger partial charge in [-0.15, -0.1) is 4.33 Å². The zero-order chi connectivity index (χ0) is 9.45. The smallest absolute Gasteiger partial charge is 0.264 e. The molecule has 0 saturated carbocycles. The van der Waals surface area contributed by atoms with Crippen LogP contribution < -0.4 is 4.72 Å². The zero-order valence-corrected chi connectivity index (χ0v) is 7.30. The van der Waals surface area contributed by atoms with E-state index < -0.39 is 10.4 Å². The molecule has 3 N–H and O–H groups in total. The van der Waals surface area contributed by atoms with E-state index in [1.165, 1.54) is 0 Å². The molecule has 0 rings (SSSR count). The minimum absolute atomic E-state index is 0.0772. The van der Waals surface area contributed by atoms with Gasteiger partial charge in [-0.1, -0.05) is 5.04 Å². The summed E-state index contributed by atoms with van der Waals surface area (Å²) >= 11 is 0.525. The first-order chi connectivity index (χ1) is 5.56. The van der Waals surface area contributed by atoms with Gasteiger partial charge in [0.25, 0.3) is 0 Å². The molecule has 0 aromatic rings. The SMILES string of the molecule is O=S(=O)(O)OCCNSOOO. The van der Waals surface area contributed by atoms with Gasteiger partial charge < -0.3 is 0 Å². The lowest BCUT2D eigenvalue weighted by molar-refractivity contribution is -0.432. The Morgan fingerprint density at radius 3 is 2.67 bits per heavy atom. The van der Waals surface area contributed by atoms with Crippen LogP contribution in [0.1, 0.15) is 0 Å². The van der Waals surface area contributed by atoms with Gasteiger partial charge in [-0.2, -0.15) is 8.42 Å². The summed E-state index contributed by atoms with van der Waals surface area (Å²) in [6, 6.07) is 0. The highest BCUT2D eigenvalue weighted by Gasteiger charge is 2.02. The molecule has 12 heavy (non-hydrogen) atoms. The second kappa shape index (κ2) is 6.56. The second-order valence-corrected chi connectivity index (χ2v) is 3.05. The van der Waals surface area contributed by atoms with Gasteiger partial charge in [0.15, 0.2) is 0 Å². The summed E-state index contributed by atoms with van der Waals surface area (Å²) in [5.74, 6) is 0. The van der Waals surface area contributed by atoms with E-state index in [9.17, 15) is 8.42 Å². The molecule has 0 unspecified atom stereocenters. The molecule has 0 aromatic heterocycles. The van der Waals surface area contributed by atoms with Crippen LogP contribution in [-0.2, 0) is 24.0 Å². The fraction of sp³-hybridized carbons (Fsp3) is 1.00. The minimum atomic E-state index is -4.39. The van der Waals surface area contributed by atoms with Crippen LogP contribution in [0.3, 0.4) is 0 Å². The maximum absolute atomic E-state index is 9.92. The summed E-state index contributed by atoms with van der Waals surface area (Å²) in [6.07, 6.45) is 0. The van der Waals surface area contributed by atoms with Crippen molar-refractivity contribution in [3.05, 3.63) is 0 Å². The summed E-state index contributed by atoms with van der Waals surface area (Å²) in [5.41, 5.74) is 0. The molecule has 0 bridgehead atoms. The number of nitrogens with one attached hydrogen (secondary N) is 1. The highest BCUT2D eigenvalue weighted by molar-refractivity contribution is 7.92. The van der Waals surface area contributed by atoms with Crippen molar-refractivity contribution >= 4 is 22.6 Å². The van der Waals surface area contributed by atoms with Crippen LogP contribution in [0.25, 0.3) is 0 Å². The van der Waals surface area contributed by atoms with Gasteiger partial charge in [0.1, 0.15) is 12.2 Å². The van der Waals surface area contributed by atoms with E-state index in [1.54, 1.807) is 0 Å². The van der Waals surface area contributed by atoms with Crippen molar-refractivity contribution in [2.24, 2.45) is 0 Å². The quantitative estimate of drug-likeness (QED) is 0.129. The molecule has 0 atom stereocenters. The average Bonchev–Trinajstić information content (AvgIpc) is 1.94. The topological polar surface area (TPSA) is 114 Å². The average molecular weight is 221 g/mol. The molecule has 0 aliphatic heterocycles. The van der Waals surface area contributed by atoms with Crippen molar-refractivity contribution in [1.82, 2.24) is 4.72 Å². The van der Waals surface area contributed by atoms with E-state index in [1.807, 2.05) is 0 Å². The third-order valence-electron chi connectivity index (χ3n) is 0.560. The largest absolute Gasteiger partial charge is 0.397 e. The van der Waals surface area contributed by atoms with E-state index in [0.29, 0.717) is 12.2 Å². The first-order valence-corrected chi connectivity index (χ1v) is 4.65. The molecule has 10 heteroatoms. The van der Waals surface area contributed by atoms with Gasteiger partial charge in [-0.3, -0.25) is 4.55 Å². The molecule has 0 heterocycles. The molecule has 0 aliphatic rings. The maximum Gasteiger partial charge on any atom is 0.397 e. The molecule has 0 fully saturated rings. The van der Waals surface area contributed by atoms with Crippen LogP contribution in [0.2, 0.25) is 0 Å². The number of rotatable bonds is 7. The van der Waals surface area contributed by atoms with Gasteiger partial charge in [-0.05, 0) is 0 Å². The predicted octanol–water partition coefficient (Wildman–Crippen LogP) is -0.620. The molecule has 0 spiro atoms. The first-order valence-electron chi connectivity index (χ1n) is 2.54. The van der Waals surface area contributed by atoms with Crippen molar-refractivity contribution in [3.63, 3.8) is 0 Å². The lowest BCUT2D eigenvalue weighted by Crippen LogP contribution is -2.15. The number of hydrogen-bond donors (Lipinski definition) is 3. The van der Waals surface area contributed by atoms with Crippen molar-refractivity contribution in [1.29, 1.82) is 0 Å². The summed E-state index contributed by atoms with van der Waals surface area (Å²) in [6.45, 7) is -0.186. The third kappa shape index (κ3) is 10.1. The van der Waals surface area contributed by atoms with Crippen LogP contribution in [0.5, 0.6) is 0 Å². The lowest BCUT2D eigenvalue weighted by Gasteiger charge is -1.99. The minimum Gasteiger partial charge on any atom is -0.264 e. The Hall–Kier alpha value is 0.0600. The van der Waals surface area contributed by atoms with Crippen LogP contribution in [0, 0.1) is 0 Å². The van der Waals surface area contributed by atoms with E-state index in [4.69, 9.17) is 9.81 Å². The normalized spacial score (nSPS) is 11.8. The Labute approximate surface area is 73.0 Å². The molecule has 0 aromatic carbocycles. The van der Waals surface area contributed by atoms with E-state index in [2.05, 4.69) is 18.3 Å². The van der Waals surface area contributed by atoms with Crippen molar-refractivity contribution in [2.75, 3.05) is 13.2 Å². The zero-order valence-electron chi connectivity index (χ0n) is 5.67. The van der Waals surface area contributed by atoms with E-state index >= 15 is 0 Å². The Morgan fingerprint density at radius 1 is 1.50 bits per heavy atom. The summed E-state index contributed by atoms with van der Waals surface area (Å²) in [4.78, 5) is 0. The van der Waals surface area contributed by atoms with Crippen molar-refractivity contribution in [3.8, 4) is 0 Å². The van der Waals surface area contributed by atoms with Crippen LogP contribution in [0.15, 0.2) is 0 Å². The fourth-order valence-corrected chi connectivity index (χ4v) is 0.809. The molecule has 0 radical (unpaired) electrons. The van der Waals surface area contributed by atoms with Crippen LogP contribution in [0.4, 0.5) is 0 Å². The molecular weight excluding hydrogens is 214 g/mol. The standard InChI is InChI=1S/C2H7NO7S2/c4-9-10-11-3-1-2-8-12(5,6)7/h3-4H,1-2H2,(H,5,6,7). The van der Waals surface area contributed by atoms with Crippen LogP contribution >= 0.6 is 12.2 Å². The molecule has 0 amide bonds. The highest BCUT2D eigenvalue weighted by Crippen LogP contribution is 1.93. The van der Waals surface area contributed by atoms with Gasteiger partial charge in [-0.25, -0.2) is 14.2 Å². The van der Waals surface area contributed by atoms with Gasteiger partial charge in [0.2, 0.25) is 0 Å². The summed E-state index contributed by atoms with van der Waals surface area (Å²) in [7, 11) is -4.39. The van der Waals surface area contributed by atoms with Crippen molar-refractivity contribution < 1.29 is 31.8 Å². The van der Waals surface area contributed by atoms with E-state index in [-0.39, 0.29) is 13.2 Å². The Balaban J connectivity index is 3.12. The molecule has 8 nitrogen and oxygen atoms in total. The monoisotopic (exact) mass is 221 g/mol. The molecule has 74 valence electrons. The van der Waals surface area contributed by atoms with Crippen LogP contribution in [-0.4, -0.2) is 31.4 Å². The Morgan fingerprint density at radius 2 is 2.17 bits per heavy atom. The molecular formula is C2H7NO7S2. The lowest BCUT2D eigenvalue weighted by atomic mass is 10.8. The number of hydrogen-bond acceptors (Lipinski definition) is 8. The van der Waals surface area contributed by atoms with E-state index in [0.717, 1.165) is 0 Å². The third-order valence-corrected chi connectivity index (χ3v) is 1.48. The van der Waals surface area contributed by atoms with Gasteiger partial charge in [0.05, 0.1) is 6.61 Å². The first kappa shape index (κ1) is 12.1. The van der Waals surface area contributed by atoms with Crippen molar-refractivity contribution in [2.45, 2.75) is 0 Å². The van der Waals surface area contributed by atoms with Gasteiger partial charge in [0, 0.05) is 6.54 Å². The highest BCUT2D eigenvalue weighted by atomic mass is 32.3. The maximum atomic E-state index is 9.92. The molecule has 0 aliphatic carbocycles. The van der Waals surface area contributed by atoms with Gasteiger partial charge >= 0.3 is 10.4 Å². The Bertz CT molecular complexity index is 190. The molecule has 0 saturated heterocycles. The predicted molar refractivity (Wildman–Crippen MR) is 37.9 cm³/mol. The Kier molecular flexibility index (Phi) is 6.60. The summed E-state index contributed by atoms with van der Waals surface area (Å²) in [5, 5.41) is 10.8. The summed E-state index contributed by atoms with van der Waals surface area (Å²) < 4.78 is 38.0. The second-order valence-electron chi connectivity index (χ2n) is 1.37.